The summed E-state index contributed by atoms with van der Waals surface area (Å²) in [7, 11) is 3.77. The number of guanidine groups is 1. The number of nitrogens with one attached hydrogen (secondary N) is 1. The van der Waals surface area contributed by atoms with Crippen LogP contribution in [0.15, 0.2) is 41.7 Å². The first-order valence-corrected chi connectivity index (χ1v) is 9.09. The number of rotatable bonds is 5. The van der Waals surface area contributed by atoms with Crippen molar-refractivity contribution in [2.45, 2.75) is 12.8 Å². The Morgan fingerprint density at radius 3 is 2.48 bits per heavy atom. The van der Waals surface area contributed by atoms with E-state index in [1.807, 2.05) is 37.1 Å². The third kappa shape index (κ3) is 6.08. The minimum absolute atomic E-state index is 0. The van der Waals surface area contributed by atoms with Gasteiger partial charge < -0.3 is 15.1 Å². The Hall–Kier alpha value is -1.84. The topological polar surface area (TPSA) is 48.7 Å². The van der Waals surface area contributed by atoms with E-state index in [9.17, 15) is 4.39 Å². The summed E-state index contributed by atoms with van der Waals surface area (Å²) in [4.78, 5) is 8.98. The molecule has 0 unspecified atom stereocenters. The van der Waals surface area contributed by atoms with Crippen molar-refractivity contribution in [2.75, 3.05) is 44.7 Å². The van der Waals surface area contributed by atoms with Crippen LogP contribution in [-0.2, 0) is 13.5 Å². The van der Waals surface area contributed by atoms with E-state index in [1.165, 1.54) is 17.7 Å². The number of hydrogen-bond acceptors (Lipinski definition) is 3. The molecule has 0 spiro atoms. The Morgan fingerprint density at radius 1 is 1.19 bits per heavy atom. The molecule has 148 valence electrons. The van der Waals surface area contributed by atoms with Gasteiger partial charge in [0.2, 0.25) is 0 Å². The van der Waals surface area contributed by atoms with E-state index in [1.54, 1.807) is 0 Å². The quantitative estimate of drug-likeness (QED) is 0.306. The summed E-state index contributed by atoms with van der Waals surface area (Å²) in [5.41, 5.74) is 2.34. The first-order valence-electron chi connectivity index (χ1n) is 9.09. The van der Waals surface area contributed by atoms with Gasteiger partial charge in [0, 0.05) is 58.7 Å². The summed E-state index contributed by atoms with van der Waals surface area (Å²) >= 11 is 0. The SMILES string of the molecule is CN=C(NCCCc1cnn(C)c1)N1CCN(c2ccc(F)cc2)CC1.I. The lowest BCUT2D eigenvalue weighted by Crippen LogP contribution is -2.52. The number of aryl methyl sites for hydroxylation is 2. The molecule has 2 heterocycles. The van der Waals surface area contributed by atoms with E-state index < -0.39 is 0 Å². The van der Waals surface area contributed by atoms with Gasteiger partial charge in [-0.05, 0) is 42.7 Å². The molecule has 2 aromatic rings. The molecule has 1 aromatic heterocycles. The van der Waals surface area contributed by atoms with Gasteiger partial charge in [-0.15, -0.1) is 24.0 Å². The van der Waals surface area contributed by atoms with Crippen molar-refractivity contribution < 1.29 is 4.39 Å². The van der Waals surface area contributed by atoms with Gasteiger partial charge in [-0.25, -0.2) is 4.39 Å². The summed E-state index contributed by atoms with van der Waals surface area (Å²) in [6, 6.07) is 6.72. The number of aromatic nitrogens is 2. The first-order chi connectivity index (χ1) is 12.7. The predicted molar refractivity (Wildman–Crippen MR) is 118 cm³/mol. The number of benzene rings is 1. The molecule has 27 heavy (non-hydrogen) atoms. The Kier molecular flexibility index (Phi) is 8.33. The smallest absolute Gasteiger partial charge is 0.193 e. The molecule has 8 heteroatoms. The fourth-order valence-corrected chi connectivity index (χ4v) is 3.25. The molecule has 6 nitrogen and oxygen atoms in total. The number of nitrogens with zero attached hydrogens (tertiary/aromatic N) is 5. The van der Waals surface area contributed by atoms with Crippen molar-refractivity contribution in [1.82, 2.24) is 20.0 Å². The zero-order chi connectivity index (χ0) is 18.4. The molecule has 1 N–H and O–H groups in total. The van der Waals surface area contributed by atoms with Gasteiger partial charge >= 0.3 is 0 Å². The normalized spacial score (nSPS) is 14.9. The second-order valence-electron chi connectivity index (χ2n) is 6.55. The van der Waals surface area contributed by atoms with Crippen LogP contribution in [0.5, 0.6) is 0 Å². The van der Waals surface area contributed by atoms with Crippen molar-refractivity contribution >= 4 is 35.6 Å². The first kappa shape index (κ1) is 21.5. The van der Waals surface area contributed by atoms with Crippen molar-refractivity contribution in [3.63, 3.8) is 0 Å². The molecule has 0 saturated carbocycles. The molecule has 1 saturated heterocycles. The van der Waals surface area contributed by atoms with Crippen LogP contribution in [0, 0.1) is 5.82 Å². The van der Waals surface area contributed by atoms with Gasteiger partial charge in [0.15, 0.2) is 5.96 Å². The number of hydrogen-bond donors (Lipinski definition) is 1. The minimum atomic E-state index is -0.191. The summed E-state index contributed by atoms with van der Waals surface area (Å²) in [6.45, 7) is 4.50. The molecule has 0 bridgehead atoms. The van der Waals surface area contributed by atoms with E-state index in [0.29, 0.717) is 0 Å². The zero-order valence-corrected chi connectivity index (χ0v) is 18.3. The fourth-order valence-electron chi connectivity index (χ4n) is 3.25. The maximum Gasteiger partial charge on any atom is 0.193 e. The third-order valence-electron chi connectivity index (χ3n) is 4.67. The van der Waals surface area contributed by atoms with E-state index in [2.05, 4.69) is 31.4 Å². The molecular weight excluding hydrogens is 458 g/mol. The highest BCUT2D eigenvalue weighted by atomic mass is 127. The van der Waals surface area contributed by atoms with Crippen LogP contribution < -0.4 is 10.2 Å². The molecule has 1 aliphatic rings. The van der Waals surface area contributed by atoms with E-state index in [-0.39, 0.29) is 29.8 Å². The molecule has 0 amide bonds. The molecule has 1 fully saturated rings. The number of anilines is 1. The largest absolute Gasteiger partial charge is 0.368 e. The maximum absolute atomic E-state index is 13.1. The molecule has 0 aliphatic carbocycles. The summed E-state index contributed by atoms with van der Waals surface area (Å²) in [5.74, 6) is 0.762. The van der Waals surface area contributed by atoms with Crippen molar-refractivity contribution in [2.24, 2.45) is 12.0 Å². The van der Waals surface area contributed by atoms with E-state index in [0.717, 1.165) is 57.2 Å². The Labute approximate surface area is 177 Å². The van der Waals surface area contributed by atoms with Gasteiger partial charge in [-0.1, -0.05) is 0 Å². The molecular formula is C19H28FIN6. The molecule has 1 aromatic carbocycles. The lowest BCUT2D eigenvalue weighted by molar-refractivity contribution is 0.372. The summed E-state index contributed by atoms with van der Waals surface area (Å²) in [6.07, 6.45) is 6.03. The molecule has 0 atom stereocenters. The number of piperazine rings is 1. The standard InChI is InChI=1S/C19H27FN6.HI/c1-21-19(22-9-3-4-16-14-23-24(2)15-16)26-12-10-25(11-13-26)18-7-5-17(20)6-8-18;/h5-8,14-15H,3-4,9-13H2,1-2H3,(H,21,22);1H. The Balaban J connectivity index is 0.00000261. The molecule has 0 radical (unpaired) electrons. The fraction of sp³-hybridized carbons (Fsp3) is 0.474. The minimum Gasteiger partial charge on any atom is -0.368 e. The monoisotopic (exact) mass is 486 g/mol. The lowest BCUT2D eigenvalue weighted by Gasteiger charge is -2.37. The van der Waals surface area contributed by atoms with Crippen LogP contribution in [0.1, 0.15) is 12.0 Å². The average molecular weight is 486 g/mol. The highest BCUT2D eigenvalue weighted by Gasteiger charge is 2.19. The van der Waals surface area contributed by atoms with E-state index in [4.69, 9.17) is 0 Å². The van der Waals surface area contributed by atoms with Crippen LogP contribution in [0.3, 0.4) is 0 Å². The van der Waals surface area contributed by atoms with Crippen molar-refractivity contribution in [1.29, 1.82) is 0 Å². The average Bonchev–Trinajstić information content (AvgIpc) is 3.08. The lowest BCUT2D eigenvalue weighted by atomic mass is 10.2. The Bertz CT molecular complexity index is 722. The molecule has 3 rings (SSSR count). The van der Waals surface area contributed by atoms with Gasteiger partial charge in [0.05, 0.1) is 6.20 Å². The second kappa shape index (κ2) is 10.5. The maximum atomic E-state index is 13.1. The van der Waals surface area contributed by atoms with Crippen LogP contribution in [0.2, 0.25) is 0 Å². The highest BCUT2D eigenvalue weighted by molar-refractivity contribution is 14.0. The van der Waals surface area contributed by atoms with Crippen molar-refractivity contribution in [3.05, 3.63) is 48.0 Å². The van der Waals surface area contributed by atoms with Crippen LogP contribution in [0.25, 0.3) is 0 Å². The second-order valence-corrected chi connectivity index (χ2v) is 6.55. The van der Waals surface area contributed by atoms with Crippen molar-refractivity contribution in [3.8, 4) is 0 Å². The molecule has 1 aliphatic heterocycles. The van der Waals surface area contributed by atoms with Crippen LogP contribution in [0.4, 0.5) is 10.1 Å². The third-order valence-corrected chi connectivity index (χ3v) is 4.67. The summed E-state index contributed by atoms with van der Waals surface area (Å²) < 4.78 is 14.9. The number of halogens is 2. The van der Waals surface area contributed by atoms with Crippen LogP contribution in [-0.4, -0.2) is 60.4 Å². The predicted octanol–water partition coefficient (Wildman–Crippen LogP) is 2.51. The van der Waals surface area contributed by atoms with Gasteiger partial charge in [0.1, 0.15) is 5.82 Å². The zero-order valence-electron chi connectivity index (χ0n) is 15.9. The van der Waals surface area contributed by atoms with Crippen LogP contribution >= 0.6 is 24.0 Å². The van der Waals surface area contributed by atoms with Gasteiger partial charge in [-0.3, -0.25) is 9.67 Å². The van der Waals surface area contributed by atoms with E-state index >= 15 is 0 Å². The summed E-state index contributed by atoms with van der Waals surface area (Å²) in [5, 5.41) is 7.65. The highest BCUT2D eigenvalue weighted by Crippen LogP contribution is 2.16. The van der Waals surface area contributed by atoms with Gasteiger partial charge in [0.25, 0.3) is 0 Å². The number of aliphatic imine (C=N–C) groups is 1. The van der Waals surface area contributed by atoms with Gasteiger partial charge in [-0.2, -0.15) is 5.10 Å². The Morgan fingerprint density at radius 2 is 1.89 bits per heavy atom.